The maximum Gasteiger partial charge on any atom is 0.305 e. The van der Waals surface area contributed by atoms with Crippen LogP contribution in [0.15, 0.2) is 12.2 Å². The largest absolute Gasteiger partial charge is 0.466 e. The molecule has 422 valence electrons. The number of unbranched alkanes of at least 4 members (excludes halogenated alkanes) is 48. The van der Waals surface area contributed by atoms with Crippen molar-refractivity contribution in [3.63, 3.8) is 0 Å². The average Bonchev–Trinajstić information content (AvgIpc) is 3.37. The first kappa shape index (κ1) is 69.6. The second-order valence-corrected chi connectivity index (χ2v) is 22.5. The summed E-state index contributed by atoms with van der Waals surface area (Å²) in [6, 6.07) is -0.537. The molecular formula is C65H127NO5. The molecule has 1 amide bonds. The summed E-state index contributed by atoms with van der Waals surface area (Å²) in [4.78, 5) is 24.5. The fourth-order valence-electron chi connectivity index (χ4n) is 10.3. The third-order valence-electron chi connectivity index (χ3n) is 15.3. The van der Waals surface area contributed by atoms with Gasteiger partial charge in [-0.15, -0.1) is 0 Å². The Morgan fingerprint density at radius 3 is 1.00 bits per heavy atom. The first-order valence-corrected chi connectivity index (χ1v) is 32.4. The van der Waals surface area contributed by atoms with Crippen molar-refractivity contribution in [1.29, 1.82) is 0 Å². The van der Waals surface area contributed by atoms with E-state index in [0.29, 0.717) is 25.9 Å². The average molecular weight is 1000 g/mol. The van der Waals surface area contributed by atoms with E-state index in [1.807, 2.05) is 0 Å². The molecule has 3 N–H and O–H groups in total. The first-order chi connectivity index (χ1) is 35.0. The Labute approximate surface area is 444 Å². The van der Waals surface area contributed by atoms with Gasteiger partial charge in [0.25, 0.3) is 0 Å². The number of nitrogens with one attached hydrogen (secondary N) is 1. The molecule has 0 aliphatic heterocycles. The first-order valence-electron chi connectivity index (χ1n) is 32.4. The van der Waals surface area contributed by atoms with Gasteiger partial charge in [0.05, 0.1) is 25.4 Å². The molecule has 0 fully saturated rings. The third kappa shape index (κ3) is 57.7. The Balaban J connectivity index is 3.30. The highest BCUT2D eigenvalue weighted by Gasteiger charge is 2.20. The van der Waals surface area contributed by atoms with Gasteiger partial charge < -0.3 is 20.3 Å². The number of esters is 1. The number of rotatable bonds is 61. The van der Waals surface area contributed by atoms with Crippen LogP contribution < -0.4 is 5.32 Å². The Bertz CT molecular complexity index is 1060. The molecule has 0 aromatic heterocycles. The summed E-state index contributed by atoms with van der Waals surface area (Å²) >= 11 is 0. The number of hydrogen-bond donors (Lipinski definition) is 3. The molecule has 0 heterocycles. The topological polar surface area (TPSA) is 95.9 Å². The van der Waals surface area contributed by atoms with E-state index in [-0.39, 0.29) is 18.5 Å². The maximum absolute atomic E-state index is 12.4. The number of aliphatic hydroxyl groups excluding tert-OH is 2. The summed E-state index contributed by atoms with van der Waals surface area (Å²) < 4.78 is 5.51. The van der Waals surface area contributed by atoms with Gasteiger partial charge in [-0.05, 0) is 51.4 Å². The van der Waals surface area contributed by atoms with Gasteiger partial charge >= 0.3 is 5.97 Å². The van der Waals surface area contributed by atoms with E-state index in [0.717, 1.165) is 38.5 Å². The highest BCUT2D eigenvalue weighted by atomic mass is 16.5. The smallest absolute Gasteiger partial charge is 0.305 e. The predicted molar refractivity (Wildman–Crippen MR) is 310 cm³/mol. The minimum absolute atomic E-state index is 0.0175. The van der Waals surface area contributed by atoms with Crippen molar-refractivity contribution < 1.29 is 24.5 Å². The molecule has 0 aromatic rings. The van der Waals surface area contributed by atoms with Crippen LogP contribution >= 0.6 is 0 Å². The fraction of sp³-hybridized carbons (Fsp3) is 0.938. The van der Waals surface area contributed by atoms with E-state index < -0.39 is 12.1 Å². The van der Waals surface area contributed by atoms with Crippen LogP contribution in [0.1, 0.15) is 367 Å². The molecule has 0 rings (SSSR count). The van der Waals surface area contributed by atoms with Gasteiger partial charge in [0.2, 0.25) is 5.91 Å². The quantitative estimate of drug-likeness (QED) is 0.0320. The Kier molecular flexibility index (Phi) is 59.9. The van der Waals surface area contributed by atoms with Gasteiger partial charge in [-0.25, -0.2) is 0 Å². The molecule has 0 spiro atoms. The van der Waals surface area contributed by atoms with Crippen molar-refractivity contribution in [2.75, 3.05) is 13.2 Å². The molecule has 6 heteroatoms. The van der Waals surface area contributed by atoms with Gasteiger partial charge in [-0.1, -0.05) is 315 Å². The third-order valence-corrected chi connectivity index (χ3v) is 15.3. The SMILES string of the molecule is CCCCCCCC/C=C\CCCCCCCCCCCC(=O)OCCCCCCCCCCCCCCCCCCCCCCCCCCCCC(=O)NC(CO)C(O)CCCCCCCCCCC. The standard InChI is InChI=1S/C65H127NO5/c1-3-5-7-9-11-13-14-15-16-17-26-30-33-36-39-43-47-51-55-59-65(70)71-60-56-52-48-44-40-37-34-31-28-25-23-21-19-18-20-22-24-27-29-32-35-38-42-46-50-54-58-64(69)66-62(61-67)63(68)57-53-49-45-41-12-10-8-6-4-2/h15-16,62-63,67-68H,3-14,17-61H2,1-2H3,(H,66,69)/b16-15-. The number of carbonyl (C=O) groups is 2. The molecule has 0 aliphatic carbocycles. The summed E-state index contributed by atoms with van der Waals surface area (Å²) in [5.74, 6) is -0.0160. The van der Waals surface area contributed by atoms with Crippen molar-refractivity contribution in [3.8, 4) is 0 Å². The molecule has 0 aliphatic rings. The summed E-state index contributed by atoms with van der Waals surface area (Å²) in [7, 11) is 0. The lowest BCUT2D eigenvalue weighted by molar-refractivity contribution is -0.143. The van der Waals surface area contributed by atoms with E-state index >= 15 is 0 Å². The number of ether oxygens (including phenoxy) is 1. The van der Waals surface area contributed by atoms with Crippen LogP contribution in [-0.2, 0) is 14.3 Å². The van der Waals surface area contributed by atoms with E-state index in [1.165, 1.54) is 295 Å². The lowest BCUT2D eigenvalue weighted by Crippen LogP contribution is -2.45. The highest BCUT2D eigenvalue weighted by Crippen LogP contribution is 2.18. The normalized spacial score (nSPS) is 12.6. The van der Waals surface area contributed by atoms with Gasteiger partial charge in [0, 0.05) is 12.8 Å². The van der Waals surface area contributed by atoms with Gasteiger partial charge in [0.15, 0.2) is 0 Å². The fourth-order valence-corrected chi connectivity index (χ4v) is 10.3. The van der Waals surface area contributed by atoms with Crippen LogP contribution in [0.3, 0.4) is 0 Å². The number of carbonyl (C=O) groups excluding carboxylic acids is 2. The van der Waals surface area contributed by atoms with Crippen LogP contribution in [0.25, 0.3) is 0 Å². The molecule has 0 aromatic carbocycles. The Morgan fingerprint density at radius 1 is 0.380 bits per heavy atom. The monoisotopic (exact) mass is 1000 g/mol. The zero-order chi connectivity index (χ0) is 51.4. The van der Waals surface area contributed by atoms with Gasteiger partial charge in [-0.3, -0.25) is 9.59 Å². The van der Waals surface area contributed by atoms with Crippen molar-refractivity contribution in [2.24, 2.45) is 0 Å². The zero-order valence-corrected chi connectivity index (χ0v) is 48.2. The van der Waals surface area contributed by atoms with Gasteiger partial charge in [-0.2, -0.15) is 0 Å². The Morgan fingerprint density at radius 2 is 0.662 bits per heavy atom. The summed E-state index contributed by atoms with van der Waals surface area (Å²) in [6.07, 6.45) is 73.9. The van der Waals surface area contributed by atoms with Crippen molar-refractivity contribution in [3.05, 3.63) is 12.2 Å². The van der Waals surface area contributed by atoms with E-state index in [2.05, 4.69) is 31.3 Å². The second-order valence-electron chi connectivity index (χ2n) is 22.5. The number of aliphatic hydroxyl groups is 2. The zero-order valence-electron chi connectivity index (χ0n) is 48.2. The molecule has 71 heavy (non-hydrogen) atoms. The minimum atomic E-state index is -0.659. The number of allylic oxidation sites excluding steroid dienone is 2. The predicted octanol–water partition coefficient (Wildman–Crippen LogP) is 20.4. The van der Waals surface area contributed by atoms with Crippen LogP contribution in [0.2, 0.25) is 0 Å². The van der Waals surface area contributed by atoms with E-state index in [9.17, 15) is 19.8 Å². The molecule has 6 nitrogen and oxygen atoms in total. The molecule has 0 radical (unpaired) electrons. The van der Waals surface area contributed by atoms with Crippen LogP contribution in [0.4, 0.5) is 0 Å². The molecule has 0 bridgehead atoms. The summed E-state index contributed by atoms with van der Waals surface area (Å²) in [6.45, 7) is 4.95. The molecule has 2 unspecified atom stereocenters. The van der Waals surface area contributed by atoms with Crippen molar-refractivity contribution in [1.82, 2.24) is 5.32 Å². The molecular weight excluding hydrogens is 875 g/mol. The van der Waals surface area contributed by atoms with E-state index in [4.69, 9.17) is 4.74 Å². The van der Waals surface area contributed by atoms with Gasteiger partial charge in [0.1, 0.15) is 0 Å². The molecule has 0 saturated heterocycles. The maximum atomic E-state index is 12.4. The Hall–Kier alpha value is -1.40. The van der Waals surface area contributed by atoms with Crippen LogP contribution in [0.5, 0.6) is 0 Å². The number of amides is 1. The minimum Gasteiger partial charge on any atom is -0.466 e. The lowest BCUT2D eigenvalue weighted by atomic mass is 10.0. The highest BCUT2D eigenvalue weighted by molar-refractivity contribution is 5.76. The molecule has 2 atom stereocenters. The van der Waals surface area contributed by atoms with E-state index in [1.54, 1.807) is 0 Å². The second kappa shape index (κ2) is 61.1. The van der Waals surface area contributed by atoms with Crippen LogP contribution in [-0.4, -0.2) is 47.4 Å². The summed E-state index contributed by atoms with van der Waals surface area (Å²) in [5.41, 5.74) is 0. The number of hydrogen-bond acceptors (Lipinski definition) is 5. The van der Waals surface area contributed by atoms with Crippen molar-refractivity contribution >= 4 is 11.9 Å². The van der Waals surface area contributed by atoms with Crippen LogP contribution in [0, 0.1) is 0 Å². The molecule has 0 saturated carbocycles. The van der Waals surface area contributed by atoms with Crippen molar-refractivity contribution in [2.45, 2.75) is 379 Å². The summed E-state index contributed by atoms with van der Waals surface area (Å²) in [5, 5.41) is 23.1. The lowest BCUT2D eigenvalue weighted by Gasteiger charge is -2.22.